The molecule has 5 heteroatoms. The van der Waals surface area contributed by atoms with E-state index in [4.69, 9.17) is 11.6 Å². The number of aromatic nitrogens is 2. The third-order valence-electron chi connectivity index (χ3n) is 3.71. The van der Waals surface area contributed by atoms with Gasteiger partial charge in [-0.1, -0.05) is 29.8 Å². The van der Waals surface area contributed by atoms with Crippen LogP contribution in [0.3, 0.4) is 0 Å². The molecule has 1 saturated heterocycles. The lowest BCUT2D eigenvalue weighted by Crippen LogP contribution is -2.42. The van der Waals surface area contributed by atoms with Crippen molar-refractivity contribution >= 4 is 11.6 Å². The lowest BCUT2D eigenvalue weighted by atomic mass is 10.2. The summed E-state index contributed by atoms with van der Waals surface area (Å²) in [5, 5.41) is 8.68. The molecule has 3 rings (SSSR count). The van der Waals surface area contributed by atoms with Gasteiger partial charge in [0.25, 0.3) is 0 Å². The molecular formula is C15H19ClN4. The van der Waals surface area contributed by atoms with E-state index in [1.165, 1.54) is 0 Å². The number of hydrogen-bond acceptors (Lipinski definition) is 3. The maximum atomic E-state index is 6.54. The second-order valence-corrected chi connectivity index (χ2v) is 5.49. The summed E-state index contributed by atoms with van der Waals surface area (Å²) < 4.78 is 1.83. The first-order chi connectivity index (χ1) is 9.75. The standard InChI is InChI=1S/C15H19ClN4/c1-12-14(11-19-9-7-17-8-10-19)15(16)20(18-12)13-5-3-2-4-6-13/h2-6,17H,7-11H2,1H3. The summed E-state index contributed by atoms with van der Waals surface area (Å²) in [6.07, 6.45) is 0. The van der Waals surface area contributed by atoms with Crippen molar-refractivity contribution in [3.8, 4) is 5.69 Å². The zero-order valence-electron chi connectivity index (χ0n) is 11.6. The van der Waals surface area contributed by atoms with E-state index in [0.717, 1.165) is 54.8 Å². The van der Waals surface area contributed by atoms with E-state index in [1.807, 2.05) is 41.9 Å². The average Bonchev–Trinajstić information content (AvgIpc) is 2.77. The highest BCUT2D eigenvalue weighted by Crippen LogP contribution is 2.24. The van der Waals surface area contributed by atoms with Gasteiger partial charge in [-0.3, -0.25) is 4.90 Å². The number of halogens is 1. The van der Waals surface area contributed by atoms with Crippen molar-refractivity contribution in [1.82, 2.24) is 20.0 Å². The average molecular weight is 291 g/mol. The van der Waals surface area contributed by atoms with Crippen LogP contribution < -0.4 is 5.32 Å². The van der Waals surface area contributed by atoms with Gasteiger partial charge in [-0.2, -0.15) is 5.10 Å². The first kappa shape index (κ1) is 13.6. The molecule has 0 spiro atoms. The summed E-state index contributed by atoms with van der Waals surface area (Å²) in [7, 11) is 0. The predicted molar refractivity (Wildman–Crippen MR) is 81.5 cm³/mol. The molecule has 0 bridgehead atoms. The third-order valence-corrected chi connectivity index (χ3v) is 4.10. The zero-order chi connectivity index (χ0) is 13.9. The maximum Gasteiger partial charge on any atom is 0.137 e. The molecule has 0 aliphatic carbocycles. The highest BCUT2D eigenvalue weighted by molar-refractivity contribution is 6.30. The Morgan fingerprint density at radius 3 is 2.60 bits per heavy atom. The fraction of sp³-hybridized carbons (Fsp3) is 0.400. The van der Waals surface area contributed by atoms with Crippen molar-refractivity contribution in [3.05, 3.63) is 46.7 Å². The summed E-state index contributed by atoms with van der Waals surface area (Å²) in [5.41, 5.74) is 3.15. The van der Waals surface area contributed by atoms with Crippen LogP contribution in [0.15, 0.2) is 30.3 Å². The smallest absolute Gasteiger partial charge is 0.137 e. The summed E-state index contributed by atoms with van der Waals surface area (Å²) in [6.45, 7) is 7.12. The normalized spacial score (nSPS) is 16.5. The number of benzene rings is 1. The van der Waals surface area contributed by atoms with E-state index in [2.05, 4.69) is 15.3 Å². The van der Waals surface area contributed by atoms with E-state index in [-0.39, 0.29) is 0 Å². The topological polar surface area (TPSA) is 33.1 Å². The molecule has 1 N–H and O–H groups in total. The summed E-state index contributed by atoms with van der Waals surface area (Å²) in [5.74, 6) is 0. The van der Waals surface area contributed by atoms with Gasteiger partial charge in [0.05, 0.1) is 11.4 Å². The van der Waals surface area contributed by atoms with Crippen molar-refractivity contribution in [2.75, 3.05) is 26.2 Å². The van der Waals surface area contributed by atoms with Crippen LogP contribution in [0.4, 0.5) is 0 Å². The molecule has 4 nitrogen and oxygen atoms in total. The van der Waals surface area contributed by atoms with Gasteiger partial charge in [0.1, 0.15) is 5.15 Å². The Hall–Kier alpha value is -1.36. The Bertz CT molecular complexity index is 573. The van der Waals surface area contributed by atoms with Gasteiger partial charge in [0.15, 0.2) is 0 Å². The van der Waals surface area contributed by atoms with E-state index in [0.29, 0.717) is 0 Å². The lowest BCUT2D eigenvalue weighted by molar-refractivity contribution is 0.233. The minimum atomic E-state index is 0.729. The molecule has 1 aromatic heterocycles. The van der Waals surface area contributed by atoms with Crippen LogP contribution in [-0.4, -0.2) is 40.9 Å². The Balaban J connectivity index is 1.87. The largest absolute Gasteiger partial charge is 0.314 e. The molecule has 106 valence electrons. The molecular weight excluding hydrogens is 272 g/mol. The highest BCUT2D eigenvalue weighted by Gasteiger charge is 2.18. The fourth-order valence-corrected chi connectivity index (χ4v) is 2.88. The lowest BCUT2D eigenvalue weighted by Gasteiger charge is -2.27. The van der Waals surface area contributed by atoms with Gasteiger partial charge in [0.2, 0.25) is 0 Å². The van der Waals surface area contributed by atoms with E-state index in [9.17, 15) is 0 Å². The van der Waals surface area contributed by atoms with Crippen molar-refractivity contribution < 1.29 is 0 Å². The molecule has 0 atom stereocenters. The van der Waals surface area contributed by atoms with Gasteiger partial charge < -0.3 is 5.32 Å². The van der Waals surface area contributed by atoms with E-state index >= 15 is 0 Å². The second kappa shape index (κ2) is 5.95. The zero-order valence-corrected chi connectivity index (χ0v) is 12.4. The number of para-hydroxylation sites is 1. The third kappa shape index (κ3) is 2.73. The van der Waals surface area contributed by atoms with Gasteiger partial charge in [-0.15, -0.1) is 0 Å². The van der Waals surface area contributed by atoms with Crippen LogP contribution in [0.1, 0.15) is 11.3 Å². The van der Waals surface area contributed by atoms with Gasteiger partial charge >= 0.3 is 0 Å². The number of aryl methyl sites for hydroxylation is 1. The number of nitrogens with one attached hydrogen (secondary N) is 1. The molecule has 0 unspecified atom stereocenters. The van der Waals surface area contributed by atoms with E-state index in [1.54, 1.807) is 0 Å². The van der Waals surface area contributed by atoms with Gasteiger partial charge in [-0.05, 0) is 19.1 Å². The van der Waals surface area contributed by atoms with Crippen LogP contribution in [0.2, 0.25) is 5.15 Å². The maximum absolute atomic E-state index is 6.54. The van der Waals surface area contributed by atoms with E-state index < -0.39 is 0 Å². The first-order valence-electron chi connectivity index (χ1n) is 6.98. The Kier molecular flexibility index (Phi) is 4.05. The minimum Gasteiger partial charge on any atom is -0.314 e. The van der Waals surface area contributed by atoms with Crippen molar-refractivity contribution in [2.45, 2.75) is 13.5 Å². The predicted octanol–water partition coefficient (Wildman–Crippen LogP) is 2.24. The minimum absolute atomic E-state index is 0.729. The van der Waals surface area contributed by atoms with Crippen LogP contribution >= 0.6 is 11.6 Å². The number of piperazine rings is 1. The van der Waals surface area contributed by atoms with Crippen molar-refractivity contribution in [3.63, 3.8) is 0 Å². The van der Waals surface area contributed by atoms with Gasteiger partial charge in [-0.25, -0.2) is 4.68 Å². The molecule has 0 radical (unpaired) electrons. The van der Waals surface area contributed by atoms with Crippen LogP contribution in [0.5, 0.6) is 0 Å². The van der Waals surface area contributed by atoms with Crippen LogP contribution in [0, 0.1) is 6.92 Å². The molecule has 1 aliphatic rings. The molecule has 20 heavy (non-hydrogen) atoms. The van der Waals surface area contributed by atoms with Crippen molar-refractivity contribution in [1.29, 1.82) is 0 Å². The molecule has 1 aliphatic heterocycles. The monoisotopic (exact) mass is 290 g/mol. The Morgan fingerprint density at radius 1 is 1.20 bits per heavy atom. The Morgan fingerprint density at radius 2 is 1.90 bits per heavy atom. The van der Waals surface area contributed by atoms with Gasteiger partial charge in [0, 0.05) is 38.3 Å². The van der Waals surface area contributed by atoms with Crippen molar-refractivity contribution in [2.24, 2.45) is 0 Å². The molecule has 1 aromatic carbocycles. The Labute approximate surface area is 124 Å². The first-order valence-corrected chi connectivity index (χ1v) is 7.36. The number of rotatable bonds is 3. The highest BCUT2D eigenvalue weighted by atomic mass is 35.5. The molecule has 0 amide bonds. The van der Waals surface area contributed by atoms with Crippen LogP contribution in [0.25, 0.3) is 5.69 Å². The fourth-order valence-electron chi connectivity index (χ4n) is 2.54. The van der Waals surface area contributed by atoms with Crippen LogP contribution in [-0.2, 0) is 6.54 Å². The quantitative estimate of drug-likeness (QED) is 0.941. The summed E-state index contributed by atoms with van der Waals surface area (Å²) >= 11 is 6.54. The molecule has 1 fully saturated rings. The second-order valence-electron chi connectivity index (χ2n) is 5.13. The SMILES string of the molecule is Cc1nn(-c2ccccc2)c(Cl)c1CN1CCNCC1. The summed E-state index contributed by atoms with van der Waals surface area (Å²) in [4.78, 5) is 2.42. The number of hydrogen-bond donors (Lipinski definition) is 1. The number of nitrogens with zero attached hydrogens (tertiary/aromatic N) is 3. The molecule has 2 heterocycles. The molecule has 0 saturated carbocycles. The molecule has 2 aromatic rings. The summed E-state index contributed by atoms with van der Waals surface area (Å²) in [6, 6.07) is 10.0.